The van der Waals surface area contributed by atoms with Gasteiger partial charge in [0.05, 0.1) is 12.8 Å². The van der Waals surface area contributed by atoms with Gasteiger partial charge < -0.3 is 25.0 Å². The van der Waals surface area contributed by atoms with E-state index in [0.717, 1.165) is 30.1 Å². The van der Waals surface area contributed by atoms with Crippen molar-refractivity contribution in [3.63, 3.8) is 0 Å². The molecule has 2 atom stereocenters. The summed E-state index contributed by atoms with van der Waals surface area (Å²) < 4.78 is 10.3. The molecule has 2 N–H and O–H groups in total. The first-order valence-electron chi connectivity index (χ1n) is 10.6. The molecule has 31 heavy (non-hydrogen) atoms. The van der Waals surface area contributed by atoms with Crippen LogP contribution in [0.1, 0.15) is 66.8 Å². The van der Waals surface area contributed by atoms with Crippen molar-refractivity contribution >= 4 is 29.3 Å². The van der Waals surface area contributed by atoms with Crippen LogP contribution in [-0.4, -0.2) is 65.7 Å². The molecule has 1 saturated carbocycles. The number of esters is 1. The van der Waals surface area contributed by atoms with Crippen LogP contribution in [0.2, 0.25) is 0 Å². The Bertz CT molecular complexity index is 849. The highest BCUT2D eigenvalue weighted by molar-refractivity contribution is 7.13. The van der Waals surface area contributed by atoms with Crippen molar-refractivity contribution in [3.05, 3.63) is 15.6 Å². The van der Waals surface area contributed by atoms with Gasteiger partial charge in [0.1, 0.15) is 11.1 Å². The molecule has 0 radical (unpaired) electrons. The smallest absolute Gasteiger partial charge is 0.408 e. The van der Waals surface area contributed by atoms with Gasteiger partial charge in [-0.05, 0) is 47.1 Å². The van der Waals surface area contributed by atoms with E-state index in [2.05, 4.69) is 27.6 Å². The Labute approximate surface area is 186 Å². The maximum Gasteiger partial charge on any atom is 0.408 e. The fourth-order valence-electron chi connectivity index (χ4n) is 4.11. The maximum absolute atomic E-state index is 12.9. The Morgan fingerprint density at radius 3 is 2.71 bits per heavy atom. The predicted octanol–water partition coefficient (Wildman–Crippen LogP) is 2.24. The molecule has 0 spiro atoms. The molecule has 2 aliphatic rings. The van der Waals surface area contributed by atoms with Gasteiger partial charge in [-0.2, -0.15) is 0 Å². The first-order chi connectivity index (χ1) is 14.5. The summed E-state index contributed by atoms with van der Waals surface area (Å²) in [5, 5.41) is 6.17. The third-order valence-corrected chi connectivity index (χ3v) is 6.60. The van der Waals surface area contributed by atoms with E-state index in [1.54, 1.807) is 20.8 Å². The molecule has 1 aliphatic heterocycles. The van der Waals surface area contributed by atoms with Gasteiger partial charge in [0, 0.05) is 36.9 Å². The van der Waals surface area contributed by atoms with Crippen LogP contribution in [0.15, 0.2) is 0 Å². The van der Waals surface area contributed by atoms with Crippen LogP contribution in [-0.2, 0) is 27.2 Å². The minimum Gasteiger partial charge on any atom is -0.467 e. The normalized spacial score (nSPS) is 24.1. The number of aromatic nitrogens is 1. The summed E-state index contributed by atoms with van der Waals surface area (Å²) in [7, 11) is 3.34. The highest BCUT2D eigenvalue weighted by Gasteiger charge is 2.46. The predicted molar refractivity (Wildman–Crippen MR) is 116 cm³/mol. The van der Waals surface area contributed by atoms with Crippen molar-refractivity contribution in [1.82, 2.24) is 20.5 Å². The van der Waals surface area contributed by atoms with Crippen LogP contribution in [0.4, 0.5) is 4.79 Å². The molecular formula is C21H32N4O5S. The van der Waals surface area contributed by atoms with Crippen LogP contribution in [0.25, 0.3) is 0 Å². The third kappa shape index (κ3) is 5.74. The molecule has 0 bridgehead atoms. The van der Waals surface area contributed by atoms with E-state index in [4.69, 9.17) is 9.47 Å². The van der Waals surface area contributed by atoms with Crippen LogP contribution in [0, 0.1) is 0 Å². The molecule has 1 aromatic heterocycles. The van der Waals surface area contributed by atoms with Gasteiger partial charge in [-0.15, -0.1) is 11.3 Å². The fraction of sp³-hybridized carbons (Fsp3) is 0.714. The second-order valence-electron chi connectivity index (χ2n) is 9.34. The first-order valence-corrected chi connectivity index (χ1v) is 11.4. The molecular weight excluding hydrogens is 420 g/mol. The van der Waals surface area contributed by atoms with E-state index < -0.39 is 23.2 Å². The molecule has 1 fully saturated rings. The Morgan fingerprint density at radius 1 is 1.29 bits per heavy atom. The van der Waals surface area contributed by atoms with Crippen molar-refractivity contribution in [2.45, 2.75) is 76.6 Å². The van der Waals surface area contributed by atoms with Crippen LogP contribution >= 0.6 is 11.3 Å². The number of rotatable bonds is 4. The SMILES string of the molecule is COC(=O)C1(NC(=O)OC(C)(C)C)CCCC(NC(=O)c2nc3c(s2)CN(C)CC3)C1. The molecule has 2 heterocycles. The molecule has 0 aromatic carbocycles. The van der Waals surface area contributed by atoms with Gasteiger partial charge in [-0.1, -0.05) is 0 Å². The largest absolute Gasteiger partial charge is 0.467 e. The molecule has 9 nitrogen and oxygen atoms in total. The number of carbonyl (C=O) groups excluding carboxylic acids is 3. The van der Waals surface area contributed by atoms with E-state index in [1.807, 2.05) is 0 Å². The molecule has 3 rings (SSSR count). The van der Waals surface area contributed by atoms with Crippen molar-refractivity contribution < 1.29 is 23.9 Å². The number of thiazole rings is 1. The van der Waals surface area contributed by atoms with Crippen LogP contribution in [0.3, 0.4) is 0 Å². The topological polar surface area (TPSA) is 110 Å². The van der Waals surface area contributed by atoms with Gasteiger partial charge in [0.25, 0.3) is 5.91 Å². The molecule has 10 heteroatoms. The Balaban J connectivity index is 1.70. The number of alkyl carbamates (subject to hydrolysis) is 1. The lowest BCUT2D eigenvalue weighted by molar-refractivity contribution is -0.150. The molecule has 2 unspecified atom stereocenters. The molecule has 2 amide bonds. The standard InChI is InChI=1S/C21H32N4O5S/c1-20(2,3)30-19(28)24-21(18(27)29-5)9-6-7-13(11-21)22-16(26)17-23-14-8-10-25(4)12-15(14)31-17/h13H,6-12H2,1-5H3,(H,22,26)(H,24,28). The zero-order valence-electron chi connectivity index (χ0n) is 18.9. The number of methoxy groups -OCH3 is 1. The average Bonchev–Trinajstić information content (AvgIpc) is 3.09. The molecule has 0 saturated heterocycles. The number of likely N-dealkylation sites (N-methyl/N-ethyl adjacent to an activating group) is 1. The summed E-state index contributed by atoms with van der Waals surface area (Å²) in [5.41, 5.74) is -0.938. The molecule has 1 aromatic rings. The number of nitrogens with zero attached hydrogens (tertiary/aromatic N) is 2. The monoisotopic (exact) mass is 452 g/mol. The summed E-state index contributed by atoms with van der Waals surface area (Å²) in [6.07, 6.45) is 2.16. The second-order valence-corrected chi connectivity index (χ2v) is 10.4. The molecule has 1 aliphatic carbocycles. The minimum atomic E-state index is -1.24. The Kier molecular flexibility index (Phi) is 6.90. The van der Waals surface area contributed by atoms with Gasteiger partial charge in [0.2, 0.25) is 0 Å². The number of hydrogen-bond acceptors (Lipinski definition) is 8. The maximum atomic E-state index is 12.9. The summed E-state index contributed by atoms with van der Waals surface area (Å²) in [6.45, 7) is 7.00. The van der Waals surface area contributed by atoms with Gasteiger partial charge in [-0.25, -0.2) is 14.6 Å². The van der Waals surface area contributed by atoms with E-state index >= 15 is 0 Å². The van der Waals surface area contributed by atoms with E-state index in [0.29, 0.717) is 24.3 Å². The van der Waals surface area contributed by atoms with Crippen molar-refractivity contribution in [2.24, 2.45) is 0 Å². The Morgan fingerprint density at radius 2 is 2.03 bits per heavy atom. The quantitative estimate of drug-likeness (QED) is 0.674. The van der Waals surface area contributed by atoms with E-state index in [9.17, 15) is 14.4 Å². The number of hydrogen-bond donors (Lipinski definition) is 2. The van der Waals surface area contributed by atoms with Crippen LogP contribution < -0.4 is 10.6 Å². The first kappa shape index (κ1) is 23.5. The summed E-state index contributed by atoms with van der Waals surface area (Å²) in [6, 6.07) is -0.293. The second kappa shape index (κ2) is 9.12. The zero-order valence-corrected chi connectivity index (χ0v) is 19.7. The number of fused-ring (bicyclic) bond motifs is 1. The number of nitrogens with one attached hydrogen (secondary N) is 2. The number of ether oxygens (including phenoxy) is 2. The van der Waals surface area contributed by atoms with Crippen LogP contribution in [0.5, 0.6) is 0 Å². The fourth-order valence-corrected chi connectivity index (χ4v) is 5.20. The molecule has 172 valence electrons. The lowest BCUT2D eigenvalue weighted by Gasteiger charge is -2.39. The summed E-state index contributed by atoms with van der Waals surface area (Å²) in [4.78, 5) is 45.8. The van der Waals surface area contributed by atoms with Gasteiger partial charge in [0.15, 0.2) is 5.01 Å². The lowest BCUT2D eigenvalue weighted by Crippen LogP contribution is -2.60. The van der Waals surface area contributed by atoms with Crippen molar-refractivity contribution in [1.29, 1.82) is 0 Å². The Hall–Kier alpha value is -2.20. The van der Waals surface area contributed by atoms with Gasteiger partial charge >= 0.3 is 12.1 Å². The number of carbonyl (C=O) groups is 3. The minimum absolute atomic E-state index is 0.235. The summed E-state index contributed by atoms with van der Waals surface area (Å²) >= 11 is 1.42. The van der Waals surface area contributed by atoms with Gasteiger partial charge in [-0.3, -0.25) is 4.79 Å². The summed E-state index contributed by atoms with van der Waals surface area (Å²) in [5.74, 6) is -0.782. The van der Waals surface area contributed by atoms with Crippen molar-refractivity contribution in [3.8, 4) is 0 Å². The zero-order chi connectivity index (χ0) is 22.8. The van der Waals surface area contributed by atoms with Crippen molar-refractivity contribution in [2.75, 3.05) is 20.7 Å². The van der Waals surface area contributed by atoms with E-state index in [-0.39, 0.29) is 18.4 Å². The third-order valence-electron chi connectivity index (χ3n) is 5.52. The number of amides is 2. The lowest BCUT2D eigenvalue weighted by atomic mass is 9.79. The highest BCUT2D eigenvalue weighted by Crippen LogP contribution is 2.31. The van der Waals surface area contributed by atoms with E-state index in [1.165, 1.54) is 18.4 Å². The average molecular weight is 453 g/mol. The highest BCUT2D eigenvalue weighted by atomic mass is 32.1.